The molecule has 0 aliphatic carbocycles. The third kappa shape index (κ3) is 2.70. The largest absolute Gasteiger partial charge is 0.378 e. The van der Waals surface area contributed by atoms with Crippen molar-refractivity contribution in [1.82, 2.24) is 0 Å². The van der Waals surface area contributed by atoms with E-state index in [9.17, 15) is 0 Å². The summed E-state index contributed by atoms with van der Waals surface area (Å²) in [6.07, 6.45) is 8.58. The first-order valence-electron chi connectivity index (χ1n) is 4.55. The molecule has 1 fully saturated rings. The lowest BCUT2D eigenvalue weighted by molar-refractivity contribution is 0.102. The second-order valence-electron chi connectivity index (χ2n) is 3.13. The van der Waals surface area contributed by atoms with Crippen molar-refractivity contribution < 1.29 is 4.74 Å². The van der Waals surface area contributed by atoms with Crippen LogP contribution >= 0.6 is 0 Å². The summed E-state index contributed by atoms with van der Waals surface area (Å²) in [5, 5.41) is 0. The van der Waals surface area contributed by atoms with Gasteiger partial charge in [-0.25, -0.2) is 0 Å². The van der Waals surface area contributed by atoms with Crippen LogP contribution in [0.25, 0.3) is 0 Å². The Kier molecular flexibility index (Phi) is 3.81. The van der Waals surface area contributed by atoms with Crippen molar-refractivity contribution >= 4 is 0 Å². The molecule has 0 N–H and O–H groups in total. The third-order valence-electron chi connectivity index (χ3n) is 2.15. The predicted octanol–water partition coefficient (Wildman–Crippen LogP) is 2.75. The normalized spacial score (nSPS) is 25.5. The molecule has 10 heavy (non-hydrogen) atoms. The van der Waals surface area contributed by atoms with E-state index in [-0.39, 0.29) is 0 Å². The topological polar surface area (TPSA) is 9.23 Å². The average molecular weight is 142 g/mol. The molecular weight excluding hydrogens is 124 g/mol. The van der Waals surface area contributed by atoms with Gasteiger partial charge in [0.2, 0.25) is 0 Å². The van der Waals surface area contributed by atoms with Crippen LogP contribution in [-0.4, -0.2) is 12.7 Å². The fourth-order valence-corrected chi connectivity index (χ4v) is 1.49. The van der Waals surface area contributed by atoms with Crippen LogP contribution in [0.3, 0.4) is 0 Å². The number of ether oxygens (including phenoxy) is 1. The molecule has 1 rings (SSSR count). The van der Waals surface area contributed by atoms with Gasteiger partial charge in [-0.15, -0.1) is 0 Å². The van der Waals surface area contributed by atoms with Gasteiger partial charge >= 0.3 is 0 Å². The van der Waals surface area contributed by atoms with E-state index < -0.39 is 0 Å². The monoisotopic (exact) mass is 142 g/mol. The van der Waals surface area contributed by atoms with E-state index in [4.69, 9.17) is 4.74 Å². The lowest BCUT2D eigenvalue weighted by atomic mass is 10.1. The molecule has 0 aromatic carbocycles. The Morgan fingerprint density at radius 3 is 2.90 bits per heavy atom. The van der Waals surface area contributed by atoms with Crippen molar-refractivity contribution in [1.29, 1.82) is 0 Å². The summed E-state index contributed by atoms with van der Waals surface area (Å²) in [4.78, 5) is 0. The first-order valence-corrected chi connectivity index (χ1v) is 4.55. The van der Waals surface area contributed by atoms with Gasteiger partial charge in [0.25, 0.3) is 0 Å². The SMILES string of the molecule is CCCCCC1CCCO1. The van der Waals surface area contributed by atoms with E-state index in [1.54, 1.807) is 0 Å². The first-order chi connectivity index (χ1) is 4.93. The summed E-state index contributed by atoms with van der Waals surface area (Å²) in [6.45, 7) is 3.26. The summed E-state index contributed by atoms with van der Waals surface area (Å²) in [5.74, 6) is 0. The Bertz CT molecular complexity index is 74.8. The summed E-state index contributed by atoms with van der Waals surface area (Å²) in [5.41, 5.74) is 0. The highest BCUT2D eigenvalue weighted by molar-refractivity contribution is 4.64. The summed E-state index contributed by atoms with van der Waals surface area (Å²) >= 11 is 0. The number of hydrogen-bond acceptors (Lipinski definition) is 1. The minimum absolute atomic E-state index is 0.617. The quantitative estimate of drug-likeness (QED) is 0.548. The van der Waals surface area contributed by atoms with Crippen LogP contribution in [0.5, 0.6) is 0 Å². The van der Waals surface area contributed by atoms with Crippen LogP contribution in [0, 0.1) is 0 Å². The predicted molar refractivity (Wildman–Crippen MR) is 43.1 cm³/mol. The zero-order valence-electron chi connectivity index (χ0n) is 6.94. The van der Waals surface area contributed by atoms with Crippen molar-refractivity contribution in [3.63, 3.8) is 0 Å². The first kappa shape index (κ1) is 8.06. The highest BCUT2D eigenvalue weighted by Gasteiger charge is 2.13. The molecule has 1 unspecified atom stereocenters. The zero-order valence-corrected chi connectivity index (χ0v) is 6.94. The Balaban J connectivity index is 1.91. The van der Waals surface area contributed by atoms with Crippen molar-refractivity contribution in [2.45, 2.75) is 51.6 Å². The highest BCUT2D eigenvalue weighted by atomic mass is 16.5. The molecule has 1 atom stereocenters. The number of hydrogen-bond donors (Lipinski definition) is 0. The van der Waals surface area contributed by atoms with Crippen molar-refractivity contribution in [2.75, 3.05) is 6.61 Å². The molecule has 1 heteroatoms. The van der Waals surface area contributed by atoms with Gasteiger partial charge < -0.3 is 4.74 Å². The van der Waals surface area contributed by atoms with Crippen molar-refractivity contribution in [2.24, 2.45) is 0 Å². The van der Waals surface area contributed by atoms with Crippen LogP contribution in [0.2, 0.25) is 0 Å². The lowest BCUT2D eigenvalue weighted by Gasteiger charge is -2.06. The van der Waals surface area contributed by atoms with Gasteiger partial charge in [0.1, 0.15) is 0 Å². The van der Waals surface area contributed by atoms with Crippen LogP contribution in [0.1, 0.15) is 45.4 Å². The van der Waals surface area contributed by atoms with Gasteiger partial charge in [-0.1, -0.05) is 26.2 Å². The maximum absolute atomic E-state index is 5.50. The van der Waals surface area contributed by atoms with Crippen molar-refractivity contribution in [3.05, 3.63) is 0 Å². The van der Waals surface area contributed by atoms with E-state index in [0.717, 1.165) is 6.61 Å². The molecular formula is C9H18O. The lowest BCUT2D eigenvalue weighted by Crippen LogP contribution is -2.03. The van der Waals surface area contributed by atoms with Gasteiger partial charge in [-0.3, -0.25) is 0 Å². The smallest absolute Gasteiger partial charge is 0.0576 e. The molecule has 1 aliphatic heterocycles. The van der Waals surface area contributed by atoms with E-state index in [2.05, 4.69) is 6.92 Å². The molecule has 0 aromatic rings. The highest BCUT2D eigenvalue weighted by Crippen LogP contribution is 2.17. The molecule has 0 radical (unpaired) electrons. The van der Waals surface area contributed by atoms with Crippen molar-refractivity contribution in [3.8, 4) is 0 Å². The number of rotatable bonds is 4. The average Bonchev–Trinajstić information content (AvgIpc) is 2.41. The Morgan fingerprint density at radius 2 is 2.30 bits per heavy atom. The second kappa shape index (κ2) is 4.73. The van der Waals surface area contributed by atoms with E-state index in [0.29, 0.717) is 6.10 Å². The second-order valence-corrected chi connectivity index (χ2v) is 3.13. The molecule has 60 valence electrons. The van der Waals surface area contributed by atoms with Gasteiger partial charge in [-0.2, -0.15) is 0 Å². The minimum atomic E-state index is 0.617. The van der Waals surface area contributed by atoms with Crippen LogP contribution in [-0.2, 0) is 4.74 Å². The molecule has 1 aliphatic rings. The molecule has 0 spiro atoms. The molecule has 1 saturated heterocycles. The zero-order chi connectivity index (χ0) is 7.23. The fourth-order valence-electron chi connectivity index (χ4n) is 1.49. The Morgan fingerprint density at radius 1 is 1.40 bits per heavy atom. The van der Waals surface area contributed by atoms with E-state index in [1.807, 2.05) is 0 Å². The summed E-state index contributed by atoms with van der Waals surface area (Å²) < 4.78 is 5.50. The van der Waals surface area contributed by atoms with Gasteiger partial charge in [0.15, 0.2) is 0 Å². The van der Waals surface area contributed by atoms with Gasteiger partial charge in [-0.05, 0) is 19.3 Å². The molecule has 0 saturated carbocycles. The molecule has 0 bridgehead atoms. The standard InChI is InChI=1S/C9H18O/c1-2-3-4-6-9-7-5-8-10-9/h9H,2-8H2,1H3. The Hall–Kier alpha value is -0.0400. The fraction of sp³-hybridized carbons (Fsp3) is 1.00. The van der Waals surface area contributed by atoms with Gasteiger partial charge in [0, 0.05) is 6.61 Å². The van der Waals surface area contributed by atoms with Crippen LogP contribution in [0.15, 0.2) is 0 Å². The maximum atomic E-state index is 5.50. The number of unbranched alkanes of at least 4 members (excludes halogenated alkanes) is 2. The summed E-state index contributed by atoms with van der Waals surface area (Å²) in [7, 11) is 0. The minimum Gasteiger partial charge on any atom is -0.378 e. The van der Waals surface area contributed by atoms with E-state index in [1.165, 1.54) is 38.5 Å². The molecule has 1 nitrogen and oxygen atoms in total. The maximum Gasteiger partial charge on any atom is 0.0576 e. The molecule has 0 aromatic heterocycles. The summed E-state index contributed by atoms with van der Waals surface area (Å²) in [6, 6.07) is 0. The van der Waals surface area contributed by atoms with Crippen LogP contribution < -0.4 is 0 Å². The van der Waals surface area contributed by atoms with Crippen LogP contribution in [0.4, 0.5) is 0 Å². The molecule has 0 amide bonds. The van der Waals surface area contributed by atoms with E-state index >= 15 is 0 Å². The third-order valence-corrected chi connectivity index (χ3v) is 2.15. The van der Waals surface area contributed by atoms with Gasteiger partial charge in [0.05, 0.1) is 6.10 Å². The molecule has 1 heterocycles. The Labute approximate surface area is 63.8 Å².